The highest BCUT2D eigenvalue weighted by atomic mass is 35.5. The van der Waals surface area contributed by atoms with Crippen LogP contribution in [0.3, 0.4) is 0 Å². The number of benzene rings is 2. The third-order valence-electron chi connectivity index (χ3n) is 6.28. The van der Waals surface area contributed by atoms with Crippen molar-refractivity contribution in [2.45, 2.75) is 32.4 Å². The minimum atomic E-state index is -0.183. The van der Waals surface area contributed by atoms with E-state index in [-0.39, 0.29) is 12.1 Å². The van der Waals surface area contributed by atoms with E-state index in [9.17, 15) is 4.79 Å². The minimum absolute atomic E-state index is 0.160. The normalized spacial score (nSPS) is 15.5. The monoisotopic (exact) mass is 509 g/mol. The maximum absolute atomic E-state index is 13.3. The number of amides is 2. The molecule has 0 radical (unpaired) electrons. The van der Waals surface area contributed by atoms with Crippen molar-refractivity contribution in [2.75, 3.05) is 11.9 Å². The third-order valence-corrected chi connectivity index (χ3v) is 6.79. The van der Waals surface area contributed by atoms with Gasteiger partial charge in [0.2, 0.25) is 0 Å². The Labute approximate surface area is 213 Å². The molecule has 35 heavy (non-hydrogen) atoms. The van der Waals surface area contributed by atoms with Gasteiger partial charge in [0.1, 0.15) is 11.6 Å². The summed E-state index contributed by atoms with van der Waals surface area (Å²) in [5.74, 6) is 2.21. The average molecular weight is 510 g/mol. The number of aryl methyl sites for hydroxylation is 2. The van der Waals surface area contributed by atoms with Crippen LogP contribution in [0.25, 0.3) is 11.3 Å². The van der Waals surface area contributed by atoms with Gasteiger partial charge in [0.15, 0.2) is 5.82 Å². The number of aromatic nitrogens is 5. The van der Waals surface area contributed by atoms with Gasteiger partial charge in [0, 0.05) is 35.3 Å². The highest BCUT2D eigenvalue weighted by Gasteiger charge is 2.34. The fourth-order valence-electron chi connectivity index (χ4n) is 4.42. The molecule has 1 N–H and O–H groups in total. The zero-order valence-electron chi connectivity index (χ0n) is 19.4. The zero-order chi connectivity index (χ0) is 24.5. The summed E-state index contributed by atoms with van der Waals surface area (Å²) >= 11 is 12.0. The topological polar surface area (TPSA) is 80.9 Å². The highest BCUT2D eigenvalue weighted by molar-refractivity contribution is 6.30. The van der Waals surface area contributed by atoms with Crippen molar-refractivity contribution in [3.05, 3.63) is 81.9 Å². The van der Waals surface area contributed by atoms with E-state index in [1.807, 2.05) is 73.5 Å². The van der Waals surface area contributed by atoms with Crippen LogP contribution < -0.4 is 5.32 Å². The van der Waals surface area contributed by atoms with Gasteiger partial charge in [-0.15, -0.1) is 10.2 Å². The van der Waals surface area contributed by atoms with Crippen molar-refractivity contribution in [3.8, 4) is 11.3 Å². The molecule has 1 fully saturated rings. The van der Waals surface area contributed by atoms with Crippen LogP contribution in [-0.2, 0) is 13.6 Å². The highest BCUT2D eigenvalue weighted by Crippen LogP contribution is 2.32. The Morgan fingerprint density at radius 3 is 2.46 bits per heavy atom. The molecule has 1 unspecified atom stereocenters. The molecule has 2 amide bonds. The van der Waals surface area contributed by atoms with Gasteiger partial charge in [-0.05, 0) is 49.6 Å². The van der Waals surface area contributed by atoms with Crippen LogP contribution >= 0.6 is 23.2 Å². The second-order valence-corrected chi connectivity index (χ2v) is 9.52. The number of urea groups is 1. The van der Waals surface area contributed by atoms with Crippen LogP contribution in [0.4, 0.5) is 10.6 Å². The second kappa shape index (κ2) is 9.71. The molecule has 4 aromatic rings. The molecule has 1 aliphatic rings. The number of hydrogen-bond donors (Lipinski definition) is 1. The Kier molecular flexibility index (Phi) is 6.49. The van der Waals surface area contributed by atoms with Crippen LogP contribution in [-0.4, -0.2) is 42.0 Å². The van der Waals surface area contributed by atoms with Gasteiger partial charge in [-0.25, -0.2) is 4.79 Å². The lowest BCUT2D eigenvalue weighted by Crippen LogP contribution is -2.36. The number of carbonyl (C=O) groups excluding carboxylic acids is 1. The molecule has 1 aliphatic heterocycles. The van der Waals surface area contributed by atoms with E-state index in [1.165, 1.54) is 0 Å². The molecule has 180 valence electrons. The number of nitrogens with zero attached hydrogens (tertiary/aromatic N) is 6. The Morgan fingerprint density at radius 2 is 1.74 bits per heavy atom. The van der Waals surface area contributed by atoms with Gasteiger partial charge in [0.25, 0.3) is 0 Å². The summed E-state index contributed by atoms with van der Waals surface area (Å²) in [5.41, 5.74) is 2.78. The average Bonchev–Trinajstić information content (AvgIpc) is 3.55. The molecule has 1 saturated heterocycles. The van der Waals surface area contributed by atoms with Gasteiger partial charge in [-0.2, -0.15) is 5.10 Å². The van der Waals surface area contributed by atoms with Crippen LogP contribution in [0.2, 0.25) is 10.0 Å². The smallest absolute Gasteiger partial charge is 0.314 e. The summed E-state index contributed by atoms with van der Waals surface area (Å²) in [6.45, 7) is 3.19. The predicted octanol–water partition coefficient (Wildman–Crippen LogP) is 5.71. The van der Waals surface area contributed by atoms with E-state index < -0.39 is 0 Å². The maximum Gasteiger partial charge on any atom is 0.323 e. The fourth-order valence-corrected chi connectivity index (χ4v) is 4.67. The Balaban J connectivity index is 1.35. The number of rotatable bonds is 5. The lowest BCUT2D eigenvalue weighted by Gasteiger charge is -2.25. The number of carbonyl (C=O) groups is 1. The van der Waals surface area contributed by atoms with Gasteiger partial charge >= 0.3 is 6.03 Å². The molecule has 2 aromatic carbocycles. The molecule has 0 spiro atoms. The van der Waals surface area contributed by atoms with Gasteiger partial charge in [0.05, 0.1) is 18.3 Å². The van der Waals surface area contributed by atoms with E-state index in [0.29, 0.717) is 29.0 Å². The number of anilines is 1. The zero-order valence-corrected chi connectivity index (χ0v) is 21.0. The molecule has 5 rings (SSSR count). The SMILES string of the molecule is Cc1nnc(C2CCCN2C(=O)Nc2cc(-c3ccc(Cl)cc3)nn2C)n1Cc1ccc(Cl)cc1. The molecule has 0 aliphatic carbocycles. The first-order valence-electron chi connectivity index (χ1n) is 11.4. The third kappa shape index (κ3) is 4.90. The number of halogens is 2. The summed E-state index contributed by atoms with van der Waals surface area (Å²) in [6, 6.07) is 16.7. The van der Waals surface area contributed by atoms with E-state index in [1.54, 1.807) is 4.68 Å². The predicted molar refractivity (Wildman–Crippen MR) is 137 cm³/mol. The summed E-state index contributed by atoms with van der Waals surface area (Å²) < 4.78 is 3.74. The first-order valence-corrected chi connectivity index (χ1v) is 12.2. The molecule has 3 heterocycles. The quantitative estimate of drug-likeness (QED) is 0.373. The Hall–Kier alpha value is -3.36. The number of hydrogen-bond acceptors (Lipinski definition) is 4. The van der Waals surface area contributed by atoms with E-state index in [4.69, 9.17) is 23.2 Å². The minimum Gasteiger partial charge on any atom is -0.314 e. The molecule has 8 nitrogen and oxygen atoms in total. The second-order valence-electron chi connectivity index (χ2n) is 8.64. The number of nitrogens with one attached hydrogen (secondary N) is 1. The van der Waals surface area contributed by atoms with E-state index >= 15 is 0 Å². The van der Waals surface area contributed by atoms with Crippen LogP contribution in [0.15, 0.2) is 54.6 Å². The van der Waals surface area contributed by atoms with Crippen LogP contribution in [0.5, 0.6) is 0 Å². The molecule has 10 heteroatoms. The summed E-state index contributed by atoms with van der Waals surface area (Å²) in [7, 11) is 1.81. The maximum atomic E-state index is 13.3. The van der Waals surface area contributed by atoms with Crippen LogP contribution in [0.1, 0.15) is 36.1 Å². The van der Waals surface area contributed by atoms with Crippen molar-refractivity contribution < 1.29 is 4.79 Å². The number of likely N-dealkylation sites (tertiary alicyclic amines) is 1. The van der Waals surface area contributed by atoms with Crippen molar-refractivity contribution in [1.82, 2.24) is 29.4 Å². The van der Waals surface area contributed by atoms with Crippen LogP contribution in [0, 0.1) is 6.92 Å². The standard InChI is InChI=1S/C25H25Cl2N7O/c1-16-29-30-24(34(16)15-17-5-9-19(26)10-6-17)22-4-3-13-33(22)25(35)28-23-14-21(31-32(23)2)18-7-11-20(27)12-8-18/h5-12,14,22H,3-4,13,15H2,1-2H3,(H,28,35). The molecular formula is C25H25Cl2N7O. The molecule has 0 bridgehead atoms. The largest absolute Gasteiger partial charge is 0.323 e. The van der Waals surface area contributed by atoms with E-state index in [2.05, 4.69) is 25.2 Å². The van der Waals surface area contributed by atoms with Crippen molar-refractivity contribution in [2.24, 2.45) is 7.05 Å². The Morgan fingerprint density at radius 1 is 1.06 bits per heavy atom. The molecule has 2 aromatic heterocycles. The molecule has 1 atom stereocenters. The Bertz CT molecular complexity index is 1350. The van der Waals surface area contributed by atoms with Crippen molar-refractivity contribution in [1.29, 1.82) is 0 Å². The van der Waals surface area contributed by atoms with Gasteiger partial charge < -0.3 is 9.47 Å². The van der Waals surface area contributed by atoms with Gasteiger partial charge in [-0.1, -0.05) is 47.5 Å². The summed E-state index contributed by atoms with van der Waals surface area (Å²) in [6.07, 6.45) is 1.72. The lowest BCUT2D eigenvalue weighted by atomic mass is 10.1. The van der Waals surface area contributed by atoms with Gasteiger partial charge in [-0.3, -0.25) is 10.00 Å². The first kappa shape index (κ1) is 23.4. The van der Waals surface area contributed by atoms with Crippen molar-refractivity contribution >= 4 is 35.1 Å². The first-order chi connectivity index (χ1) is 16.9. The van der Waals surface area contributed by atoms with E-state index in [0.717, 1.165) is 41.3 Å². The molecule has 0 saturated carbocycles. The lowest BCUT2D eigenvalue weighted by molar-refractivity contribution is 0.203. The van der Waals surface area contributed by atoms with Crippen molar-refractivity contribution in [3.63, 3.8) is 0 Å². The summed E-state index contributed by atoms with van der Waals surface area (Å²) in [4.78, 5) is 15.2. The molecular weight excluding hydrogens is 485 g/mol. The fraction of sp³-hybridized carbons (Fsp3) is 0.280. The summed E-state index contributed by atoms with van der Waals surface area (Å²) in [5, 5.41) is 17.7.